The Bertz CT molecular complexity index is 654. The minimum atomic E-state index is -0.562. The molecule has 0 aliphatic rings. The lowest BCUT2D eigenvalue weighted by molar-refractivity contribution is -0.386. The zero-order valence-corrected chi connectivity index (χ0v) is 11.6. The molecule has 6 heteroatoms. The maximum absolute atomic E-state index is 11.3. The van der Waals surface area contributed by atoms with Crippen LogP contribution in [0.4, 0.5) is 5.69 Å². The van der Waals surface area contributed by atoms with E-state index in [4.69, 9.17) is 9.47 Å². The maximum Gasteiger partial charge on any atom is 0.352 e. The Balaban J connectivity index is 2.44. The van der Waals surface area contributed by atoms with Gasteiger partial charge in [-0.25, -0.2) is 0 Å². The summed E-state index contributed by atoms with van der Waals surface area (Å²) in [5, 5.41) is 21.0. The van der Waals surface area contributed by atoms with Crippen molar-refractivity contribution < 1.29 is 19.5 Å². The van der Waals surface area contributed by atoms with Gasteiger partial charge in [-0.05, 0) is 38.1 Å². The number of aromatic hydroxyl groups is 1. The Hall–Kier alpha value is -2.76. The Morgan fingerprint density at radius 2 is 1.67 bits per heavy atom. The molecule has 0 atom stereocenters. The number of hydrogen-bond acceptors (Lipinski definition) is 5. The summed E-state index contributed by atoms with van der Waals surface area (Å²) in [6, 6.07) is 10.8. The number of benzene rings is 2. The van der Waals surface area contributed by atoms with Gasteiger partial charge >= 0.3 is 5.69 Å². The highest BCUT2D eigenvalue weighted by molar-refractivity contribution is 5.59. The van der Waals surface area contributed by atoms with E-state index < -0.39 is 4.92 Å². The smallest absolute Gasteiger partial charge is 0.352 e. The third-order valence-corrected chi connectivity index (χ3v) is 2.59. The average Bonchev–Trinajstić information content (AvgIpc) is 2.40. The molecule has 0 aliphatic carbocycles. The highest BCUT2D eigenvalue weighted by Gasteiger charge is 2.24. The number of phenols is 1. The molecule has 0 aliphatic heterocycles. The first-order chi connectivity index (χ1) is 9.99. The molecule has 0 saturated carbocycles. The first-order valence-electron chi connectivity index (χ1n) is 6.39. The van der Waals surface area contributed by atoms with E-state index in [0.29, 0.717) is 0 Å². The van der Waals surface area contributed by atoms with Gasteiger partial charge in [0.15, 0.2) is 11.5 Å². The first kappa shape index (κ1) is 14.6. The Labute approximate surface area is 121 Å². The fourth-order valence-electron chi connectivity index (χ4n) is 1.78. The van der Waals surface area contributed by atoms with E-state index in [0.717, 1.165) is 0 Å². The number of nitro groups is 1. The van der Waals surface area contributed by atoms with Gasteiger partial charge in [0.05, 0.1) is 11.0 Å². The van der Waals surface area contributed by atoms with E-state index in [9.17, 15) is 15.2 Å². The molecular weight excluding hydrogens is 274 g/mol. The van der Waals surface area contributed by atoms with Crippen LogP contribution in [-0.2, 0) is 0 Å². The van der Waals surface area contributed by atoms with Crippen molar-refractivity contribution in [2.45, 2.75) is 20.0 Å². The summed E-state index contributed by atoms with van der Waals surface area (Å²) in [6.07, 6.45) is -0.205. The first-order valence-corrected chi connectivity index (χ1v) is 6.39. The van der Waals surface area contributed by atoms with Gasteiger partial charge in [0.25, 0.3) is 0 Å². The summed E-state index contributed by atoms with van der Waals surface area (Å²) in [5.41, 5.74) is -0.269. The second-order valence-electron chi connectivity index (χ2n) is 4.60. The average molecular weight is 289 g/mol. The third kappa shape index (κ3) is 3.42. The molecule has 0 bridgehead atoms. The molecule has 0 fully saturated rings. The van der Waals surface area contributed by atoms with Crippen molar-refractivity contribution in [1.29, 1.82) is 0 Å². The van der Waals surface area contributed by atoms with Crippen LogP contribution in [-0.4, -0.2) is 16.1 Å². The second kappa shape index (κ2) is 6.13. The quantitative estimate of drug-likeness (QED) is 0.667. The van der Waals surface area contributed by atoms with Gasteiger partial charge in [-0.3, -0.25) is 10.1 Å². The lowest BCUT2D eigenvalue weighted by atomic mass is 10.2. The number of nitrogens with zero attached hydrogens (tertiary/aromatic N) is 1. The highest BCUT2D eigenvalue weighted by atomic mass is 16.6. The van der Waals surface area contributed by atoms with Crippen molar-refractivity contribution in [2.24, 2.45) is 0 Å². The summed E-state index contributed by atoms with van der Waals surface area (Å²) < 4.78 is 10.9. The molecule has 0 saturated heterocycles. The minimum absolute atomic E-state index is 0.0136. The fraction of sp³-hybridized carbons (Fsp3) is 0.200. The molecule has 6 nitrogen and oxygen atoms in total. The van der Waals surface area contributed by atoms with E-state index >= 15 is 0 Å². The van der Waals surface area contributed by atoms with Crippen LogP contribution in [0.2, 0.25) is 0 Å². The van der Waals surface area contributed by atoms with E-state index in [1.165, 1.54) is 24.3 Å². The Kier molecular flexibility index (Phi) is 4.27. The third-order valence-electron chi connectivity index (χ3n) is 2.59. The zero-order chi connectivity index (χ0) is 15.4. The molecule has 0 spiro atoms. The van der Waals surface area contributed by atoms with E-state index in [1.807, 2.05) is 0 Å². The van der Waals surface area contributed by atoms with Crippen molar-refractivity contribution in [1.82, 2.24) is 0 Å². The Morgan fingerprint density at radius 1 is 1.05 bits per heavy atom. The molecule has 0 aromatic heterocycles. The fourth-order valence-corrected chi connectivity index (χ4v) is 1.78. The van der Waals surface area contributed by atoms with Crippen molar-refractivity contribution in [2.75, 3.05) is 0 Å². The van der Waals surface area contributed by atoms with Crippen LogP contribution in [0.15, 0.2) is 42.5 Å². The highest BCUT2D eigenvalue weighted by Crippen LogP contribution is 2.41. The molecule has 0 amide bonds. The SMILES string of the molecule is CC(C)Oc1cccc(Oc2ccccc2O)c1[N+](=O)[O-]. The number of phenolic OH excluding ortho intramolecular Hbond substituents is 1. The van der Waals surface area contributed by atoms with Crippen molar-refractivity contribution >= 4 is 5.69 Å². The Morgan fingerprint density at radius 3 is 2.29 bits per heavy atom. The minimum Gasteiger partial charge on any atom is -0.504 e. The molecule has 110 valence electrons. The van der Waals surface area contributed by atoms with Crippen LogP contribution >= 0.6 is 0 Å². The topological polar surface area (TPSA) is 81.8 Å². The number of nitro benzene ring substituents is 1. The van der Waals surface area contributed by atoms with Gasteiger partial charge in [0.1, 0.15) is 0 Å². The lowest BCUT2D eigenvalue weighted by Gasteiger charge is -2.13. The molecule has 2 rings (SSSR count). The molecule has 21 heavy (non-hydrogen) atoms. The number of rotatable bonds is 5. The summed E-state index contributed by atoms with van der Waals surface area (Å²) in [5.74, 6) is 0.187. The molecule has 0 unspecified atom stereocenters. The van der Waals surface area contributed by atoms with Crippen LogP contribution in [0.25, 0.3) is 0 Å². The lowest BCUT2D eigenvalue weighted by Crippen LogP contribution is -2.08. The summed E-state index contributed by atoms with van der Waals surface area (Å²) >= 11 is 0. The number of para-hydroxylation sites is 3. The van der Waals surface area contributed by atoms with Gasteiger partial charge in [0, 0.05) is 0 Å². The molecule has 2 aromatic rings. The van der Waals surface area contributed by atoms with Gasteiger partial charge in [-0.1, -0.05) is 18.2 Å². The summed E-state index contributed by atoms with van der Waals surface area (Å²) in [7, 11) is 0. The number of hydrogen-bond donors (Lipinski definition) is 1. The van der Waals surface area contributed by atoms with Crippen LogP contribution < -0.4 is 9.47 Å². The molecule has 0 heterocycles. The van der Waals surface area contributed by atoms with Crippen molar-refractivity contribution in [3.05, 3.63) is 52.6 Å². The number of ether oxygens (including phenoxy) is 2. The zero-order valence-electron chi connectivity index (χ0n) is 11.6. The van der Waals surface area contributed by atoms with E-state index in [-0.39, 0.29) is 34.8 Å². The van der Waals surface area contributed by atoms with Crippen LogP contribution in [0.1, 0.15) is 13.8 Å². The molecule has 0 radical (unpaired) electrons. The summed E-state index contributed by atoms with van der Waals surface area (Å²) in [4.78, 5) is 10.7. The molecule has 1 N–H and O–H groups in total. The summed E-state index contributed by atoms with van der Waals surface area (Å²) in [6.45, 7) is 3.56. The predicted molar refractivity (Wildman–Crippen MR) is 77.0 cm³/mol. The van der Waals surface area contributed by atoms with Gasteiger partial charge in [0.2, 0.25) is 11.5 Å². The maximum atomic E-state index is 11.3. The van der Waals surface area contributed by atoms with Gasteiger partial charge in [-0.2, -0.15) is 0 Å². The van der Waals surface area contributed by atoms with E-state index in [2.05, 4.69) is 0 Å². The normalized spacial score (nSPS) is 10.4. The standard InChI is InChI=1S/C15H15NO5/c1-10(2)20-13-8-5-9-14(15(13)16(18)19)21-12-7-4-3-6-11(12)17/h3-10,17H,1-2H3. The van der Waals surface area contributed by atoms with Crippen molar-refractivity contribution in [3.8, 4) is 23.0 Å². The monoisotopic (exact) mass is 289 g/mol. The predicted octanol–water partition coefficient (Wildman–Crippen LogP) is 3.88. The second-order valence-corrected chi connectivity index (χ2v) is 4.60. The van der Waals surface area contributed by atoms with Crippen LogP contribution in [0.5, 0.6) is 23.0 Å². The van der Waals surface area contributed by atoms with Crippen LogP contribution in [0, 0.1) is 10.1 Å². The van der Waals surface area contributed by atoms with Crippen LogP contribution in [0.3, 0.4) is 0 Å². The van der Waals surface area contributed by atoms with E-state index in [1.54, 1.807) is 32.0 Å². The largest absolute Gasteiger partial charge is 0.504 e. The molecular formula is C15H15NO5. The van der Waals surface area contributed by atoms with Gasteiger partial charge < -0.3 is 14.6 Å². The van der Waals surface area contributed by atoms with Gasteiger partial charge in [-0.15, -0.1) is 0 Å². The molecule has 2 aromatic carbocycles. The van der Waals surface area contributed by atoms with Crippen molar-refractivity contribution in [3.63, 3.8) is 0 Å².